The molecule has 1 aliphatic rings. The second-order valence-electron chi connectivity index (χ2n) is 4.68. The summed E-state index contributed by atoms with van der Waals surface area (Å²) in [7, 11) is 0. The Bertz CT molecular complexity index is 403. The highest BCUT2D eigenvalue weighted by Gasteiger charge is 2.21. The summed E-state index contributed by atoms with van der Waals surface area (Å²) in [4.78, 5) is 2.23. The van der Waals surface area contributed by atoms with Crippen LogP contribution >= 0.6 is 11.6 Å². The van der Waals surface area contributed by atoms with Crippen molar-refractivity contribution in [3.05, 3.63) is 16.3 Å². The van der Waals surface area contributed by atoms with Gasteiger partial charge in [0.25, 0.3) is 0 Å². The van der Waals surface area contributed by atoms with E-state index >= 15 is 0 Å². The van der Waals surface area contributed by atoms with Crippen LogP contribution in [0.3, 0.4) is 0 Å². The van der Waals surface area contributed by atoms with Crippen LogP contribution in [0.25, 0.3) is 0 Å². The lowest BCUT2D eigenvalue weighted by Gasteiger charge is -2.32. The van der Waals surface area contributed by atoms with E-state index in [2.05, 4.69) is 15.1 Å². The van der Waals surface area contributed by atoms with E-state index in [1.54, 1.807) is 0 Å². The van der Waals surface area contributed by atoms with Crippen LogP contribution in [-0.4, -0.2) is 35.0 Å². The highest BCUT2D eigenvalue weighted by Crippen LogP contribution is 2.27. The van der Waals surface area contributed by atoms with Crippen molar-refractivity contribution in [1.82, 2.24) is 10.2 Å². The van der Waals surface area contributed by atoms with Gasteiger partial charge in [0.05, 0.1) is 0 Å². The van der Waals surface area contributed by atoms with Crippen molar-refractivity contribution in [3.8, 4) is 0 Å². The van der Waals surface area contributed by atoms with E-state index in [9.17, 15) is 0 Å². The first kappa shape index (κ1) is 12.6. The lowest BCUT2D eigenvalue weighted by Crippen LogP contribution is -2.36. The molecule has 0 aliphatic carbocycles. The largest absolute Gasteiger partial charge is 0.396 e. The van der Waals surface area contributed by atoms with Crippen LogP contribution in [-0.2, 0) is 0 Å². The minimum atomic E-state index is 0.290. The molecule has 2 heterocycles. The molecule has 1 aliphatic heterocycles. The summed E-state index contributed by atoms with van der Waals surface area (Å²) in [5.74, 6) is 1.37. The normalized spacial score (nSPS) is 17.5. The Morgan fingerprint density at radius 1 is 1.24 bits per heavy atom. The first-order valence-corrected chi connectivity index (χ1v) is 6.36. The first-order valence-electron chi connectivity index (χ1n) is 5.98. The SMILES string of the molecule is Cc1c(Cl)nnc(N2CCC(CO)CC2)c1C. The number of halogens is 1. The molecule has 0 bridgehead atoms. The van der Waals surface area contributed by atoms with Crippen LogP contribution < -0.4 is 4.90 Å². The van der Waals surface area contributed by atoms with E-state index < -0.39 is 0 Å². The van der Waals surface area contributed by atoms with E-state index in [4.69, 9.17) is 16.7 Å². The lowest BCUT2D eigenvalue weighted by atomic mass is 9.97. The van der Waals surface area contributed by atoms with Crippen molar-refractivity contribution >= 4 is 17.4 Å². The standard InChI is InChI=1S/C12H18ClN3O/c1-8-9(2)12(15-14-11(8)13)16-5-3-10(7-17)4-6-16/h10,17H,3-7H2,1-2H3. The molecule has 1 aromatic heterocycles. The second kappa shape index (κ2) is 5.19. The van der Waals surface area contributed by atoms with Crippen molar-refractivity contribution in [2.75, 3.05) is 24.6 Å². The van der Waals surface area contributed by atoms with Gasteiger partial charge in [0.1, 0.15) is 0 Å². The molecule has 1 saturated heterocycles. The quantitative estimate of drug-likeness (QED) is 0.878. The number of aromatic nitrogens is 2. The van der Waals surface area contributed by atoms with Crippen LogP contribution in [0.15, 0.2) is 0 Å². The number of hydrogen-bond donors (Lipinski definition) is 1. The Kier molecular flexibility index (Phi) is 3.84. The number of aliphatic hydroxyl groups excluding tert-OH is 1. The van der Waals surface area contributed by atoms with E-state index in [1.165, 1.54) is 0 Å². The lowest BCUT2D eigenvalue weighted by molar-refractivity contribution is 0.202. The maximum absolute atomic E-state index is 9.12. The molecular formula is C12H18ClN3O. The Morgan fingerprint density at radius 2 is 1.88 bits per heavy atom. The van der Waals surface area contributed by atoms with Gasteiger partial charge < -0.3 is 10.0 Å². The fraction of sp³-hybridized carbons (Fsp3) is 0.667. The summed E-state index contributed by atoms with van der Waals surface area (Å²) < 4.78 is 0. The maximum atomic E-state index is 9.12. The third kappa shape index (κ3) is 2.53. The van der Waals surface area contributed by atoms with Crippen LogP contribution in [0.5, 0.6) is 0 Å². The molecule has 0 saturated carbocycles. The number of rotatable bonds is 2. The molecule has 0 unspecified atom stereocenters. The van der Waals surface area contributed by atoms with Crippen molar-refractivity contribution in [3.63, 3.8) is 0 Å². The number of hydrogen-bond acceptors (Lipinski definition) is 4. The summed E-state index contributed by atoms with van der Waals surface area (Å²) in [6, 6.07) is 0. The van der Waals surface area contributed by atoms with E-state index in [0.717, 1.165) is 42.9 Å². The van der Waals surface area contributed by atoms with Gasteiger partial charge in [0, 0.05) is 19.7 Å². The molecule has 0 radical (unpaired) electrons. The number of nitrogens with zero attached hydrogens (tertiary/aromatic N) is 3. The third-order valence-electron chi connectivity index (χ3n) is 3.61. The smallest absolute Gasteiger partial charge is 0.155 e. The molecule has 4 nitrogen and oxygen atoms in total. The molecular weight excluding hydrogens is 238 g/mol. The summed E-state index contributed by atoms with van der Waals surface area (Å²) in [5.41, 5.74) is 2.10. The number of anilines is 1. The molecule has 0 amide bonds. The average Bonchev–Trinajstić information content (AvgIpc) is 2.36. The van der Waals surface area contributed by atoms with E-state index in [0.29, 0.717) is 11.1 Å². The van der Waals surface area contributed by atoms with Crippen molar-refractivity contribution in [2.24, 2.45) is 5.92 Å². The molecule has 2 rings (SSSR count). The van der Waals surface area contributed by atoms with Crippen molar-refractivity contribution in [2.45, 2.75) is 26.7 Å². The molecule has 94 valence electrons. The summed E-state index contributed by atoms with van der Waals surface area (Å²) in [6.45, 7) is 6.15. The second-order valence-corrected chi connectivity index (χ2v) is 5.04. The van der Waals surface area contributed by atoms with Crippen LogP contribution in [0, 0.1) is 19.8 Å². The van der Waals surface area contributed by atoms with Crippen LogP contribution in [0.2, 0.25) is 5.15 Å². The van der Waals surface area contributed by atoms with Crippen molar-refractivity contribution in [1.29, 1.82) is 0 Å². The summed E-state index contributed by atoms with van der Waals surface area (Å²) >= 11 is 5.95. The predicted octanol–water partition coefficient (Wildman–Crippen LogP) is 1.96. The zero-order chi connectivity index (χ0) is 12.4. The Morgan fingerprint density at radius 3 is 2.47 bits per heavy atom. The zero-order valence-corrected chi connectivity index (χ0v) is 11.0. The van der Waals surface area contributed by atoms with Crippen LogP contribution in [0.1, 0.15) is 24.0 Å². The summed E-state index contributed by atoms with van der Waals surface area (Å²) in [5, 5.41) is 17.8. The van der Waals surface area contributed by atoms with Gasteiger partial charge in [-0.2, -0.15) is 0 Å². The third-order valence-corrected chi connectivity index (χ3v) is 3.97. The molecule has 1 N–H and O–H groups in total. The fourth-order valence-electron chi connectivity index (χ4n) is 2.19. The van der Waals surface area contributed by atoms with Gasteiger partial charge in [0.2, 0.25) is 0 Å². The molecule has 0 spiro atoms. The number of piperidine rings is 1. The van der Waals surface area contributed by atoms with Crippen molar-refractivity contribution < 1.29 is 5.11 Å². The first-order chi connectivity index (χ1) is 8.13. The fourth-order valence-corrected chi connectivity index (χ4v) is 2.37. The van der Waals surface area contributed by atoms with Crippen LogP contribution in [0.4, 0.5) is 5.82 Å². The Balaban J connectivity index is 2.16. The van der Waals surface area contributed by atoms with E-state index in [-0.39, 0.29) is 6.61 Å². The van der Waals surface area contributed by atoms with Gasteiger partial charge in [-0.15, -0.1) is 10.2 Å². The molecule has 1 fully saturated rings. The topological polar surface area (TPSA) is 49.2 Å². The van der Waals surface area contributed by atoms with Gasteiger partial charge in [0.15, 0.2) is 11.0 Å². The highest BCUT2D eigenvalue weighted by molar-refractivity contribution is 6.30. The molecule has 17 heavy (non-hydrogen) atoms. The molecule has 5 heteroatoms. The summed E-state index contributed by atoms with van der Waals surface area (Å²) in [6.07, 6.45) is 2.03. The van der Waals surface area contributed by atoms with Gasteiger partial charge in [-0.25, -0.2) is 0 Å². The Labute approximate surface area is 107 Å². The zero-order valence-electron chi connectivity index (χ0n) is 10.3. The maximum Gasteiger partial charge on any atom is 0.155 e. The monoisotopic (exact) mass is 255 g/mol. The highest BCUT2D eigenvalue weighted by atomic mass is 35.5. The minimum absolute atomic E-state index is 0.290. The minimum Gasteiger partial charge on any atom is -0.396 e. The molecule has 0 aromatic carbocycles. The van der Waals surface area contributed by atoms with Gasteiger partial charge in [-0.1, -0.05) is 11.6 Å². The van der Waals surface area contributed by atoms with E-state index in [1.807, 2.05) is 13.8 Å². The predicted molar refractivity (Wildman–Crippen MR) is 68.5 cm³/mol. The van der Waals surface area contributed by atoms with Gasteiger partial charge in [-0.05, 0) is 43.7 Å². The Hall–Kier alpha value is -0.870. The average molecular weight is 256 g/mol. The van der Waals surface area contributed by atoms with Gasteiger partial charge in [-0.3, -0.25) is 0 Å². The van der Waals surface area contributed by atoms with Gasteiger partial charge >= 0.3 is 0 Å². The molecule has 0 atom stereocenters. The molecule has 1 aromatic rings. The number of aliphatic hydroxyl groups is 1.